The minimum atomic E-state index is -0.890. The first-order valence-corrected chi connectivity index (χ1v) is 4.15. The lowest BCUT2D eigenvalue weighted by atomic mass is 10.1. The van der Waals surface area contributed by atoms with Crippen LogP contribution in [0.5, 0.6) is 5.75 Å². The number of phenols is 1. The molecule has 0 aliphatic rings. The third-order valence-electron chi connectivity index (χ3n) is 2.18. The van der Waals surface area contributed by atoms with Gasteiger partial charge < -0.3 is 10.1 Å². The van der Waals surface area contributed by atoms with Gasteiger partial charge in [-0.05, 0) is 19.1 Å². The number of aromatic amines is 1. The fourth-order valence-corrected chi connectivity index (χ4v) is 1.46. The second kappa shape index (κ2) is 2.78. The van der Waals surface area contributed by atoms with Crippen molar-refractivity contribution < 1.29 is 10.2 Å². The number of aromatic hydroxyl groups is 1. The van der Waals surface area contributed by atoms with Crippen LogP contribution < -0.4 is 0 Å². The Labute approximate surface area is 75.6 Å². The molecule has 2 rings (SSSR count). The first-order chi connectivity index (χ1) is 6.20. The third kappa shape index (κ3) is 1.17. The lowest BCUT2D eigenvalue weighted by Gasteiger charge is -2.05. The summed E-state index contributed by atoms with van der Waals surface area (Å²) < 4.78 is 0. The lowest BCUT2D eigenvalue weighted by Crippen LogP contribution is -1.89. The number of rotatable bonds is 1. The molecule has 0 fully saturated rings. The van der Waals surface area contributed by atoms with Crippen LogP contribution in [0, 0.1) is 0 Å². The third-order valence-corrected chi connectivity index (χ3v) is 2.18. The molecule has 3 nitrogen and oxygen atoms in total. The normalized spacial score (nSPS) is 13.4. The molecule has 0 spiro atoms. The van der Waals surface area contributed by atoms with Gasteiger partial charge in [0.25, 0.3) is 0 Å². The second-order valence-corrected chi connectivity index (χ2v) is 3.08. The molecule has 0 aliphatic heterocycles. The Morgan fingerprint density at radius 1 is 1.38 bits per heavy atom. The van der Waals surface area contributed by atoms with Crippen LogP contribution in [0.25, 0.3) is 10.9 Å². The van der Waals surface area contributed by atoms with E-state index in [4.69, 9.17) is 0 Å². The van der Waals surface area contributed by atoms with Gasteiger partial charge in [0.05, 0.1) is 0 Å². The van der Waals surface area contributed by atoms with Crippen molar-refractivity contribution in [1.29, 1.82) is 0 Å². The van der Waals surface area contributed by atoms with Gasteiger partial charge in [-0.3, -0.25) is 0 Å². The Balaban J connectivity index is 2.73. The zero-order chi connectivity index (χ0) is 9.42. The molecule has 1 unspecified atom stereocenters. The van der Waals surface area contributed by atoms with E-state index in [2.05, 4.69) is 4.98 Å². The first-order valence-electron chi connectivity index (χ1n) is 4.15. The Bertz CT molecular complexity index is 431. The molecule has 1 aromatic heterocycles. The number of H-pyrrole nitrogens is 1. The first kappa shape index (κ1) is 8.13. The number of nitrogens with one attached hydrogen (secondary N) is 1. The number of fused-ring (bicyclic) bond motifs is 1. The molecule has 0 saturated heterocycles. The molecule has 67 valence electrons. The highest BCUT2D eigenvalue weighted by atomic mass is 16.3. The van der Waals surface area contributed by atoms with Gasteiger partial charge in [0.2, 0.25) is 0 Å². The quantitative estimate of drug-likeness (QED) is 0.688. The molecule has 13 heavy (non-hydrogen) atoms. The maximum atomic E-state index is 11.1. The fraction of sp³-hybridized carbons (Fsp3) is 0.200. The Morgan fingerprint density at radius 2 is 2.15 bits per heavy atom. The molecular formula is C10H10NO2. The van der Waals surface area contributed by atoms with E-state index in [9.17, 15) is 10.2 Å². The van der Waals surface area contributed by atoms with Gasteiger partial charge in [0, 0.05) is 22.7 Å². The summed E-state index contributed by atoms with van der Waals surface area (Å²) in [6, 6.07) is 5.22. The summed E-state index contributed by atoms with van der Waals surface area (Å²) in [5.41, 5.74) is 1.30. The highest BCUT2D eigenvalue weighted by Gasteiger charge is 2.11. The Morgan fingerprint density at radius 3 is 2.85 bits per heavy atom. The fourth-order valence-electron chi connectivity index (χ4n) is 1.46. The molecule has 0 aliphatic carbocycles. The summed E-state index contributed by atoms with van der Waals surface area (Å²) in [4.78, 5) is 2.96. The van der Waals surface area contributed by atoms with Gasteiger partial charge in [-0.1, -0.05) is 6.07 Å². The highest BCUT2D eigenvalue weighted by Crippen LogP contribution is 2.31. The number of aromatic nitrogens is 1. The SMILES string of the molecule is CC([O])c1ccc2[nH]ccc2c1O. The van der Waals surface area contributed by atoms with Gasteiger partial charge in [-0.15, -0.1) is 0 Å². The van der Waals surface area contributed by atoms with Gasteiger partial charge in [-0.2, -0.15) is 0 Å². The van der Waals surface area contributed by atoms with Crippen LogP contribution in [0.2, 0.25) is 0 Å². The van der Waals surface area contributed by atoms with E-state index >= 15 is 0 Å². The summed E-state index contributed by atoms with van der Waals surface area (Å²) in [6.07, 6.45) is 0.850. The van der Waals surface area contributed by atoms with Crippen LogP contribution in [0.1, 0.15) is 18.6 Å². The maximum absolute atomic E-state index is 11.1. The van der Waals surface area contributed by atoms with Crippen molar-refractivity contribution in [2.45, 2.75) is 13.0 Å². The predicted octanol–water partition coefficient (Wildman–Crippen LogP) is 2.37. The molecule has 1 heterocycles. The van der Waals surface area contributed by atoms with E-state index in [1.165, 1.54) is 6.92 Å². The van der Waals surface area contributed by atoms with Crippen LogP contribution in [-0.4, -0.2) is 10.1 Å². The van der Waals surface area contributed by atoms with E-state index in [-0.39, 0.29) is 5.75 Å². The minimum absolute atomic E-state index is 0.0984. The van der Waals surface area contributed by atoms with E-state index in [1.807, 2.05) is 0 Å². The zero-order valence-electron chi connectivity index (χ0n) is 7.24. The monoisotopic (exact) mass is 176 g/mol. The van der Waals surface area contributed by atoms with E-state index < -0.39 is 6.10 Å². The second-order valence-electron chi connectivity index (χ2n) is 3.08. The average molecular weight is 176 g/mol. The van der Waals surface area contributed by atoms with Gasteiger partial charge >= 0.3 is 0 Å². The van der Waals surface area contributed by atoms with E-state index in [0.29, 0.717) is 10.9 Å². The van der Waals surface area contributed by atoms with Crippen LogP contribution >= 0.6 is 0 Å². The summed E-state index contributed by atoms with van der Waals surface area (Å²) in [5, 5.41) is 21.5. The van der Waals surface area contributed by atoms with Gasteiger partial charge in [0.15, 0.2) is 0 Å². The largest absolute Gasteiger partial charge is 0.507 e. The molecular weight excluding hydrogens is 166 g/mol. The summed E-state index contributed by atoms with van der Waals surface area (Å²) in [7, 11) is 0. The summed E-state index contributed by atoms with van der Waals surface area (Å²) in [6.45, 7) is 1.52. The van der Waals surface area contributed by atoms with Crippen LogP contribution in [0.15, 0.2) is 24.4 Å². The van der Waals surface area contributed by atoms with Crippen molar-refractivity contribution in [2.24, 2.45) is 0 Å². The van der Waals surface area contributed by atoms with Crippen molar-refractivity contribution in [2.75, 3.05) is 0 Å². The molecule has 1 aromatic carbocycles. The molecule has 0 bridgehead atoms. The molecule has 1 radical (unpaired) electrons. The molecule has 3 heteroatoms. The van der Waals surface area contributed by atoms with Gasteiger partial charge in [-0.25, -0.2) is 5.11 Å². The smallest absolute Gasteiger partial charge is 0.130 e. The van der Waals surface area contributed by atoms with Crippen LogP contribution in [0.3, 0.4) is 0 Å². The standard InChI is InChI=1S/C10H10NO2/c1-6(12)7-2-3-9-8(10(7)13)4-5-11-9/h2-6,11,13H,1H3. The number of benzene rings is 1. The van der Waals surface area contributed by atoms with Crippen molar-refractivity contribution in [3.8, 4) is 5.75 Å². The lowest BCUT2D eigenvalue weighted by molar-refractivity contribution is 0.104. The average Bonchev–Trinajstić information content (AvgIpc) is 2.52. The highest BCUT2D eigenvalue weighted by molar-refractivity contribution is 5.86. The number of phenolic OH excluding ortho intramolecular Hbond substituents is 1. The van der Waals surface area contributed by atoms with Crippen molar-refractivity contribution in [3.05, 3.63) is 30.0 Å². The Hall–Kier alpha value is -1.48. The summed E-state index contributed by atoms with van der Waals surface area (Å²) in [5.74, 6) is 0.0984. The maximum Gasteiger partial charge on any atom is 0.130 e. The predicted molar refractivity (Wildman–Crippen MR) is 49.1 cm³/mol. The van der Waals surface area contributed by atoms with E-state index in [1.54, 1.807) is 24.4 Å². The molecule has 0 saturated carbocycles. The molecule has 1 atom stereocenters. The van der Waals surface area contributed by atoms with Gasteiger partial charge in [0.1, 0.15) is 11.9 Å². The van der Waals surface area contributed by atoms with Crippen LogP contribution in [-0.2, 0) is 5.11 Å². The van der Waals surface area contributed by atoms with Crippen molar-refractivity contribution >= 4 is 10.9 Å². The minimum Gasteiger partial charge on any atom is -0.507 e. The topological polar surface area (TPSA) is 55.9 Å². The Kier molecular flexibility index (Phi) is 1.74. The molecule has 2 aromatic rings. The number of hydrogen-bond donors (Lipinski definition) is 2. The van der Waals surface area contributed by atoms with Crippen LogP contribution in [0.4, 0.5) is 0 Å². The van der Waals surface area contributed by atoms with E-state index in [0.717, 1.165) is 5.52 Å². The number of hydrogen-bond acceptors (Lipinski definition) is 1. The van der Waals surface area contributed by atoms with Crippen molar-refractivity contribution in [1.82, 2.24) is 4.98 Å². The zero-order valence-corrected chi connectivity index (χ0v) is 7.24. The summed E-state index contributed by atoms with van der Waals surface area (Å²) >= 11 is 0. The molecule has 2 N–H and O–H groups in total. The van der Waals surface area contributed by atoms with Crippen molar-refractivity contribution in [3.63, 3.8) is 0 Å². The molecule has 0 amide bonds.